The summed E-state index contributed by atoms with van der Waals surface area (Å²) in [4.78, 5) is 2.00. The summed E-state index contributed by atoms with van der Waals surface area (Å²) in [6.07, 6.45) is 0. The fraction of sp³-hybridized carbons (Fsp3) is 0.333. The smallest absolute Gasteiger partial charge is 0.139 e. The Kier molecular flexibility index (Phi) is 5.58. The third kappa shape index (κ3) is 9.24. The topological polar surface area (TPSA) is 3.24 Å². The van der Waals surface area contributed by atoms with Crippen LogP contribution in [0.2, 0.25) is 0 Å². The number of nitrogens with zero attached hydrogens (tertiary/aromatic N) is 1. The molecule has 1 aromatic carbocycles. The van der Waals surface area contributed by atoms with E-state index in [9.17, 15) is 0 Å². The lowest BCUT2D eigenvalue weighted by molar-refractivity contribution is 0.505. The largest absolute Gasteiger partial charge is 0.312 e. The first kappa shape index (κ1) is 10.2. The fourth-order valence-corrected chi connectivity index (χ4v) is 0.534. The monoisotopic (exact) mass is 149 g/mol. The molecule has 0 bridgehead atoms. The molecule has 1 nitrogen and oxygen atoms in total. The van der Waals surface area contributed by atoms with Gasteiger partial charge >= 0.3 is 0 Å². The maximum Gasteiger partial charge on any atom is 0.139 e. The van der Waals surface area contributed by atoms with Crippen LogP contribution in [0.4, 0.5) is 0 Å². The normalized spacial score (nSPS) is 8.73. The Bertz CT molecular complexity index is 169. The van der Waals surface area contributed by atoms with Gasteiger partial charge in [-0.3, -0.25) is 0 Å². The maximum atomic E-state index is 2.08. The highest BCUT2D eigenvalue weighted by Gasteiger charge is 1.72. The SMILES string of the molecule is Bc1ccccc1.CN(C)C. The Morgan fingerprint density at radius 3 is 1.55 bits per heavy atom. The average Bonchev–Trinajstić information content (AvgIpc) is 1.87. The van der Waals surface area contributed by atoms with Gasteiger partial charge < -0.3 is 4.90 Å². The van der Waals surface area contributed by atoms with Gasteiger partial charge in [0, 0.05) is 0 Å². The van der Waals surface area contributed by atoms with Gasteiger partial charge in [0.2, 0.25) is 0 Å². The number of hydrogen-bond donors (Lipinski definition) is 0. The minimum absolute atomic E-state index is 1.32. The summed E-state index contributed by atoms with van der Waals surface area (Å²) >= 11 is 0. The van der Waals surface area contributed by atoms with Crippen LogP contribution in [0.5, 0.6) is 0 Å². The van der Waals surface area contributed by atoms with Crippen LogP contribution in [0.15, 0.2) is 30.3 Å². The van der Waals surface area contributed by atoms with E-state index in [4.69, 9.17) is 0 Å². The van der Waals surface area contributed by atoms with Crippen LogP contribution >= 0.6 is 0 Å². The predicted octanol–water partition coefficient (Wildman–Crippen LogP) is 0.123. The second kappa shape index (κ2) is 5.99. The minimum Gasteiger partial charge on any atom is -0.312 e. The summed E-state index contributed by atoms with van der Waals surface area (Å²) in [7, 11) is 8.08. The molecule has 2 heteroatoms. The lowest BCUT2D eigenvalue weighted by atomic mass is 9.97. The van der Waals surface area contributed by atoms with Gasteiger partial charge in [-0.1, -0.05) is 35.8 Å². The molecule has 1 aromatic rings. The van der Waals surface area contributed by atoms with Crippen LogP contribution in [-0.4, -0.2) is 33.9 Å². The van der Waals surface area contributed by atoms with E-state index in [1.165, 1.54) is 5.46 Å². The van der Waals surface area contributed by atoms with Crippen molar-refractivity contribution in [1.29, 1.82) is 0 Å². The minimum atomic E-state index is 1.32. The van der Waals surface area contributed by atoms with Crippen molar-refractivity contribution in [2.75, 3.05) is 21.1 Å². The van der Waals surface area contributed by atoms with E-state index in [-0.39, 0.29) is 0 Å². The second-order valence-electron chi connectivity index (χ2n) is 3.00. The highest BCUT2D eigenvalue weighted by molar-refractivity contribution is 6.32. The van der Waals surface area contributed by atoms with Gasteiger partial charge in [-0.05, 0) is 21.1 Å². The Labute approximate surface area is 70.4 Å². The van der Waals surface area contributed by atoms with Gasteiger partial charge in [0.05, 0.1) is 0 Å². The van der Waals surface area contributed by atoms with Crippen molar-refractivity contribution in [3.63, 3.8) is 0 Å². The molecule has 0 saturated carbocycles. The Hall–Kier alpha value is -0.755. The molecule has 0 unspecified atom stereocenters. The third-order valence-electron chi connectivity index (χ3n) is 0.940. The van der Waals surface area contributed by atoms with E-state index in [1.807, 2.05) is 44.2 Å². The van der Waals surface area contributed by atoms with E-state index < -0.39 is 0 Å². The van der Waals surface area contributed by atoms with Gasteiger partial charge in [-0.15, -0.1) is 0 Å². The predicted molar refractivity (Wildman–Crippen MR) is 54.2 cm³/mol. The van der Waals surface area contributed by atoms with Crippen molar-refractivity contribution < 1.29 is 0 Å². The zero-order valence-corrected chi connectivity index (χ0v) is 7.83. The molecule has 0 atom stereocenters. The lowest BCUT2D eigenvalue weighted by Crippen LogP contribution is -1.99. The zero-order chi connectivity index (χ0) is 8.69. The van der Waals surface area contributed by atoms with Crippen molar-refractivity contribution in [2.24, 2.45) is 0 Å². The van der Waals surface area contributed by atoms with Crippen molar-refractivity contribution in [1.82, 2.24) is 4.90 Å². The number of benzene rings is 1. The first-order chi connectivity index (χ1) is 5.13. The van der Waals surface area contributed by atoms with Crippen LogP contribution in [0.1, 0.15) is 0 Å². The summed E-state index contributed by atoms with van der Waals surface area (Å²) in [5.41, 5.74) is 1.32. The van der Waals surface area contributed by atoms with Crippen molar-refractivity contribution in [2.45, 2.75) is 0 Å². The van der Waals surface area contributed by atoms with Crippen LogP contribution in [0.25, 0.3) is 0 Å². The number of rotatable bonds is 0. The molecule has 0 amide bonds. The molecule has 11 heavy (non-hydrogen) atoms. The van der Waals surface area contributed by atoms with Crippen LogP contribution < -0.4 is 5.46 Å². The average molecular weight is 149 g/mol. The highest BCUT2D eigenvalue weighted by atomic mass is 15.0. The van der Waals surface area contributed by atoms with Gasteiger partial charge in [-0.2, -0.15) is 0 Å². The summed E-state index contributed by atoms with van der Waals surface area (Å²) in [5.74, 6) is 0. The molecular formula is C9H16BN. The molecule has 0 aliphatic carbocycles. The van der Waals surface area contributed by atoms with Crippen LogP contribution in [0, 0.1) is 0 Å². The molecule has 0 radical (unpaired) electrons. The zero-order valence-electron chi connectivity index (χ0n) is 7.83. The van der Waals surface area contributed by atoms with E-state index in [0.29, 0.717) is 0 Å². The molecule has 0 N–H and O–H groups in total. The summed E-state index contributed by atoms with van der Waals surface area (Å²) in [6.45, 7) is 0. The molecule has 0 aliphatic rings. The summed E-state index contributed by atoms with van der Waals surface area (Å²) in [6, 6.07) is 10.3. The van der Waals surface area contributed by atoms with Gasteiger partial charge in [0.1, 0.15) is 7.85 Å². The molecular weight excluding hydrogens is 133 g/mol. The van der Waals surface area contributed by atoms with E-state index in [1.54, 1.807) is 0 Å². The molecule has 1 rings (SSSR count). The quantitative estimate of drug-likeness (QED) is 0.473. The molecule has 60 valence electrons. The van der Waals surface area contributed by atoms with E-state index >= 15 is 0 Å². The molecule has 0 fully saturated rings. The summed E-state index contributed by atoms with van der Waals surface area (Å²) in [5, 5.41) is 0. The molecule has 0 heterocycles. The molecule has 0 aliphatic heterocycles. The van der Waals surface area contributed by atoms with Gasteiger partial charge in [0.15, 0.2) is 0 Å². The Morgan fingerprint density at radius 1 is 1.00 bits per heavy atom. The van der Waals surface area contributed by atoms with Crippen molar-refractivity contribution in [3.8, 4) is 0 Å². The standard InChI is InChI=1S/C6H7B.C3H9N/c7-6-4-2-1-3-5-6;1-4(2)3/h1-5H,7H2;1-3H3. The maximum absolute atomic E-state index is 2.08. The molecule has 0 saturated heterocycles. The lowest BCUT2D eigenvalue weighted by Gasteiger charge is -1.90. The van der Waals surface area contributed by atoms with E-state index in [2.05, 4.69) is 20.0 Å². The first-order valence-corrected chi connectivity index (χ1v) is 3.75. The van der Waals surface area contributed by atoms with Crippen molar-refractivity contribution >= 4 is 13.3 Å². The van der Waals surface area contributed by atoms with Gasteiger partial charge in [0.25, 0.3) is 0 Å². The first-order valence-electron chi connectivity index (χ1n) is 3.75. The Morgan fingerprint density at radius 2 is 1.36 bits per heavy atom. The summed E-state index contributed by atoms with van der Waals surface area (Å²) < 4.78 is 0. The van der Waals surface area contributed by atoms with Crippen LogP contribution in [-0.2, 0) is 0 Å². The van der Waals surface area contributed by atoms with Gasteiger partial charge in [-0.25, -0.2) is 0 Å². The Balaban J connectivity index is 0.000000218. The number of hydrogen-bond acceptors (Lipinski definition) is 1. The molecule has 0 spiro atoms. The van der Waals surface area contributed by atoms with Crippen molar-refractivity contribution in [3.05, 3.63) is 30.3 Å². The highest BCUT2D eigenvalue weighted by Crippen LogP contribution is 1.76. The van der Waals surface area contributed by atoms with E-state index in [0.717, 1.165) is 0 Å². The second-order valence-corrected chi connectivity index (χ2v) is 3.00. The third-order valence-corrected chi connectivity index (χ3v) is 0.940. The fourth-order valence-electron chi connectivity index (χ4n) is 0.534. The molecule has 0 aromatic heterocycles. The van der Waals surface area contributed by atoms with Crippen LogP contribution in [0.3, 0.4) is 0 Å².